The third-order valence-electron chi connectivity index (χ3n) is 4.04. The fourth-order valence-electron chi connectivity index (χ4n) is 2.95. The molecule has 0 spiro atoms. The molecule has 4 nitrogen and oxygen atoms in total. The quantitative estimate of drug-likeness (QED) is 0.855. The zero-order valence-corrected chi connectivity index (χ0v) is 15.1. The number of fused-ring (bicyclic) bond motifs is 1. The van der Waals surface area contributed by atoms with Crippen molar-refractivity contribution in [2.24, 2.45) is 4.99 Å². The highest BCUT2D eigenvalue weighted by molar-refractivity contribution is 5.99. The standard InChI is InChI=1S/C20H25N3O/c1-14(2)21-20-23(5)13-16(24-20)12-15-10-11-19(22(3)4)18-9-7-6-8-17(15)18/h6-12,14H,13H2,1-5H3/b16-12+,21-20?. The highest BCUT2D eigenvalue weighted by Crippen LogP contribution is 2.30. The lowest BCUT2D eigenvalue weighted by molar-refractivity contribution is 0.429. The molecule has 0 aromatic heterocycles. The van der Waals surface area contributed by atoms with Crippen LogP contribution >= 0.6 is 0 Å². The van der Waals surface area contributed by atoms with Gasteiger partial charge >= 0.3 is 0 Å². The average Bonchev–Trinajstić information content (AvgIpc) is 2.86. The molecule has 0 saturated carbocycles. The van der Waals surface area contributed by atoms with E-state index >= 15 is 0 Å². The van der Waals surface area contributed by atoms with Crippen LogP contribution in [0.4, 0.5) is 5.69 Å². The lowest BCUT2D eigenvalue weighted by atomic mass is 10.0. The predicted molar refractivity (Wildman–Crippen MR) is 103 cm³/mol. The van der Waals surface area contributed by atoms with Gasteiger partial charge < -0.3 is 14.5 Å². The Bertz CT molecular complexity index is 806. The van der Waals surface area contributed by atoms with Gasteiger partial charge in [-0.05, 0) is 36.9 Å². The zero-order chi connectivity index (χ0) is 17.3. The first-order chi connectivity index (χ1) is 11.5. The van der Waals surface area contributed by atoms with E-state index in [1.807, 2.05) is 11.9 Å². The van der Waals surface area contributed by atoms with Crippen molar-refractivity contribution in [3.05, 3.63) is 47.7 Å². The molecule has 0 bridgehead atoms. The Morgan fingerprint density at radius 3 is 2.50 bits per heavy atom. The summed E-state index contributed by atoms with van der Waals surface area (Å²) >= 11 is 0. The Kier molecular flexibility index (Phi) is 4.47. The fourth-order valence-corrected chi connectivity index (χ4v) is 2.95. The van der Waals surface area contributed by atoms with Gasteiger partial charge in [0.25, 0.3) is 6.02 Å². The van der Waals surface area contributed by atoms with Gasteiger partial charge in [0, 0.05) is 38.3 Å². The zero-order valence-electron chi connectivity index (χ0n) is 15.1. The molecule has 1 aliphatic heterocycles. The molecule has 0 unspecified atom stereocenters. The van der Waals surface area contributed by atoms with Crippen LogP contribution in [-0.4, -0.2) is 44.7 Å². The summed E-state index contributed by atoms with van der Waals surface area (Å²) in [6, 6.07) is 13.7. The van der Waals surface area contributed by atoms with Crippen molar-refractivity contribution in [2.75, 3.05) is 32.6 Å². The molecule has 2 aromatic rings. The van der Waals surface area contributed by atoms with Crippen molar-refractivity contribution < 1.29 is 4.74 Å². The van der Waals surface area contributed by atoms with E-state index in [-0.39, 0.29) is 6.04 Å². The van der Waals surface area contributed by atoms with Gasteiger partial charge in [-0.25, -0.2) is 4.99 Å². The van der Waals surface area contributed by atoms with Crippen LogP contribution in [0.5, 0.6) is 0 Å². The second-order valence-corrected chi connectivity index (χ2v) is 6.69. The number of hydrogen-bond acceptors (Lipinski definition) is 3. The van der Waals surface area contributed by atoms with E-state index in [1.165, 1.54) is 22.0 Å². The van der Waals surface area contributed by atoms with E-state index in [9.17, 15) is 0 Å². The maximum absolute atomic E-state index is 5.94. The number of nitrogens with zero attached hydrogens (tertiary/aromatic N) is 3. The number of amidine groups is 1. The van der Waals surface area contributed by atoms with Gasteiger partial charge in [-0.1, -0.05) is 30.3 Å². The lowest BCUT2D eigenvalue weighted by Crippen LogP contribution is -2.21. The molecule has 3 rings (SSSR count). The summed E-state index contributed by atoms with van der Waals surface area (Å²) < 4.78 is 5.94. The smallest absolute Gasteiger partial charge is 0.293 e. The molecule has 0 N–H and O–H groups in total. The second kappa shape index (κ2) is 6.56. The first kappa shape index (κ1) is 16.4. The summed E-state index contributed by atoms with van der Waals surface area (Å²) in [7, 11) is 6.16. The number of rotatable bonds is 3. The van der Waals surface area contributed by atoms with E-state index in [1.54, 1.807) is 0 Å². The van der Waals surface area contributed by atoms with E-state index in [2.05, 4.69) is 80.3 Å². The maximum Gasteiger partial charge on any atom is 0.293 e. The third kappa shape index (κ3) is 3.23. The fraction of sp³-hybridized carbons (Fsp3) is 0.350. The summed E-state index contributed by atoms with van der Waals surface area (Å²) in [5.74, 6) is 0.930. The van der Waals surface area contributed by atoms with Crippen LogP contribution in [0.1, 0.15) is 19.4 Å². The van der Waals surface area contributed by atoms with Crippen LogP contribution in [-0.2, 0) is 4.74 Å². The van der Waals surface area contributed by atoms with Crippen LogP contribution in [0.3, 0.4) is 0 Å². The van der Waals surface area contributed by atoms with Gasteiger partial charge in [-0.15, -0.1) is 0 Å². The van der Waals surface area contributed by atoms with Crippen molar-refractivity contribution in [1.82, 2.24) is 4.90 Å². The van der Waals surface area contributed by atoms with Gasteiger partial charge in [0.2, 0.25) is 0 Å². The minimum Gasteiger partial charge on any atom is -0.429 e. The third-order valence-corrected chi connectivity index (χ3v) is 4.04. The van der Waals surface area contributed by atoms with Crippen LogP contribution in [0, 0.1) is 0 Å². The van der Waals surface area contributed by atoms with Crippen molar-refractivity contribution in [3.8, 4) is 0 Å². The molecule has 24 heavy (non-hydrogen) atoms. The van der Waals surface area contributed by atoms with E-state index in [0.717, 1.165) is 12.3 Å². The topological polar surface area (TPSA) is 28.1 Å². The number of hydrogen-bond donors (Lipinski definition) is 0. The number of aliphatic imine (C=N–C) groups is 1. The lowest BCUT2D eigenvalue weighted by Gasteiger charge is -2.16. The van der Waals surface area contributed by atoms with E-state index in [0.29, 0.717) is 6.02 Å². The molecule has 0 amide bonds. The van der Waals surface area contributed by atoms with Gasteiger partial charge in [-0.2, -0.15) is 0 Å². The summed E-state index contributed by atoms with van der Waals surface area (Å²) in [5, 5.41) is 2.48. The number of anilines is 1. The Balaban J connectivity index is 2.01. The molecule has 2 aromatic carbocycles. The summed E-state index contributed by atoms with van der Waals surface area (Å²) in [4.78, 5) is 8.71. The van der Waals surface area contributed by atoms with Crippen LogP contribution in [0.2, 0.25) is 0 Å². The van der Waals surface area contributed by atoms with Crippen molar-refractivity contribution >= 4 is 28.6 Å². The van der Waals surface area contributed by atoms with E-state index in [4.69, 9.17) is 4.74 Å². The molecule has 1 fully saturated rings. The van der Waals surface area contributed by atoms with Gasteiger partial charge in [0.15, 0.2) is 0 Å². The monoisotopic (exact) mass is 323 g/mol. The first-order valence-electron chi connectivity index (χ1n) is 8.32. The molecular weight excluding hydrogens is 298 g/mol. The van der Waals surface area contributed by atoms with Gasteiger partial charge in [0.05, 0.1) is 6.54 Å². The van der Waals surface area contributed by atoms with Crippen molar-refractivity contribution in [3.63, 3.8) is 0 Å². The maximum atomic E-state index is 5.94. The van der Waals surface area contributed by atoms with Gasteiger partial charge in [0.1, 0.15) is 5.76 Å². The van der Waals surface area contributed by atoms with Crippen LogP contribution < -0.4 is 4.90 Å². The molecule has 126 valence electrons. The Morgan fingerprint density at radius 2 is 1.83 bits per heavy atom. The largest absolute Gasteiger partial charge is 0.429 e. The highest BCUT2D eigenvalue weighted by atomic mass is 16.5. The number of benzene rings is 2. The summed E-state index contributed by atoms with van der Waals surface area (Å²) in [5.41, 5.74) is 2.39. The molecular formula is C20H25N3O. The molecule has 4 heteroatoms. The number of ether oxygens (including phenoxy) is 1. The minimum atomic E-state index is 0.224. The molecule has 1 aliphatic rings. The molecule has 0 aliphatic carbocycles. The number of likely N-dealkylation sites (N-methyl/N-ethyl adjacent to an activating group) is 1. The van der Waals surface area contributed by atoms with Crippen molar-refractivity contribution in [1.29, 1.82) is 0 Å². The average molecular weight is 323 g/mol. The summed E-state index contributed by atoms with van der Waals surface area (Å²) in [6.45, 7) is 4.86. The normalized spacial score (nSPS) is 18.0. The molecule has 1 saturated heterocycles. The first-order valence-corrected chi connectivity index (χ1v) is 8.32. The Labute approximate surface area is 144 Å². The Morgan fingerprint density at radius 1 is 1.12 bits per heavy atom. The SMILES string of the molecule is CC(C)N=C1O/C(=C/c2ccc(N(C)C)c3ccccc23)CN1C. The second-order valence-electron chi connectivity index (χ2n) is 6.69. The van der Waals surface area contributed by atoms with Crippen LogP contribution in [0.15, 0.2) is 47.1 Å². The molecule has 0 radical (unpaired) electrons. The van der Waals surface area contributed by atoms with Crippen molar-refractivity contribution in [2.45, 2.75) is 19.9 Å². The summed E-state index contributed by atoms with van der Waals surface area (Å²) in [6.07, 6.45) is 2.13. The molecule has 1 heterocycles. The Hall–Kier alpha value is -2.49. The van der Waals surface area contributed by atoms with Crippen LogP contribution in [0.25, 0.3) is 16.8 Å². The van der Waals surface area contributed by atoms with E-state index < -0.39 is 0 Å². The highest BCUT2D eigenvalue weighted by Gasteiger charge is 2.22. The minimum absolute atomic E-state index is 0.224. The predicted octanol–water partition coefficient (Wildman–Crippen LogP) is 3.97. The van der Waals surface area contributed by atoms with Gasteiger partial charge in [-0.3, -0.25) is 0 Å². The molecule has 0 atom stereocenters.